The Morgan fingerprint density at radius 1 is 1.15 bits per heavy atom. The second-order valence-electron chi connectivity index (χ2n) is 5.12. The summed E-state index contributed by atoms with van der Waals surface area (Å²) in [6.07, 6.45) is 2.46. The van der Waals surface area contributed by atoms with Gasteiger partial charge in [-0.3, -0.25) is 0 Å². The third kappa shape index (κ3) is 2.79. The van der Waals surface area contributed by atoms with Crippen molar-refractivity contribution in [2.24, 2.45) is 0 Å². The second kappa shape index (κ2) is 5.56. The first-order valence-electron chi connectivity index (χ1n) is 6.78. The van der Waals surface area contributed by atoms with Gasteiger partial charge in [-0.15, -0.1) is 0 Å². The average Bonchev–Trinajstić information content (AvgIpc) is 3.29. The lowest BCUT2D eigenvalue weighted by molar-refractivity contribution is 0.949. The Balaban J connectivity index is 1.89. The summed E-state index contributed by atoms with van der Waals surface area (Å²) in [7, 11) is 0. The fourth-order valence-electron chi connectivity index (χ4n) is 2.46. The molecule has 0 aromatic heterocycles. The predicted molar refractivity (Wildman–Crippen MR) is 81.8 cm³/mol. The van der Waals surface area contributed by atoms with Crippen molar-refractivity contribution < 1.29 is 0 Å². The van der Waals surface area contributed by atoms with E-state index >= 15 is 0 Å². The molecule has 1 unspecified atom stereocenters. The van der Waals surface area contributed by atoms with Crippen molar-refractivity contribution in [3.63, 3.8) is 0 Å². The number of halogens is 1. The van der Waals surface area contributed by atoms with E-state index < -0.39 is 0 Å². The number of anilines is 1. The minimum atomic E-state index is -0.342. The number of nitriles is 1. The highest BCUT2D eigenvalue weighted by molar-refractivity contribution is 6.30. The largest absolute Gasteiger partial charge is 0.366 e. The maximum atomic E-state index is 9.49. The van der Waals surface area contributed by atoms with Gasteiger partial charge in [0.1, 0.15) is 6.04 Å². The molecular weight excluding hydrogens is 268 g/mol. The van der Waals surface area contributed by atoms with Gasteiger partial charge in [0.05, 0.1) is 6.07 Å². The average molecular weight is 283 g/mol. The van der Waals surface area contributed by atoms with Gasteiger partial charge in [0.25, 0.3) is 0 Å². The molecule has 1 fully saturated rings. The van der Waals surface area contributed by atoms with Crippen LogP contribution in [0.3, 0.4) is 0 Å². The molecular formula is C17H15ClN2. The highest BCUT2D eigenvalue weighted by atomic mass is 35.5. The monoisotopic (exact) mass is 282 g/mol. The molecule has 20 heavy (non-hydrogen) atoms. The normalized spacial score (nSPS) is 15.4. The fraction of sp³-hybridized carbons (Fsp3) is 0.235. The number of benzene rings is 2. The van der Waals surface area contributed by atoms with Crippen molar-refractivity contribution in [3.8, 4) is 6.07 Å². The molecule has 1 N–H and O–H groups in total. The van der Waals surface area contributed by atoms with Gasteiger partial charge in [-0.2, -0.15) is 5.26 Å². The second-order valence-corrected chi connectivity index (χ2v) is 5.56. The van der Waals surface area contributed by atoms with Gasteiger partial charge in [-0.1, -0.05) is 41.9 Å². The topological polar surface area (TPSA) is 35.8 Å². The highest BCUT2D eigenvalue weighted by Crippen LogP contribution is 2.43. The number of hydrogen-bond donors (Lipinski definition) is 1. The number of nitrogens with one attached hydrogen (secondary N) is 1. The molecule has 0 amide bonds. The van der Waals surface area contributed by atoms with E-state index in [1.54, 1.807) is 0 Å². The van der Waals surface area contributed by atoms with Crippen molar-refractivity contribution in [1.29, 1.82) is 5.26 Å². The van der Waals surface area contributed by atoms with Crippen LogP contribution >= 0.6 is 11.6 Å². The summed E-state index contributed by atoms with van der Waals surface area (Å²) in [6, 6.07) is 17.7. The first kappa shape index (κ1) is 13.0. The first-order valence-corrected chi connectivity index (χ1v) is 7.16. The summed E-state index contributed by atoms with van der Waals surface area (Å²) >= 11 is 5.99. The lowest BCUT2D eigenvalue weighted by Crippen LogP contribution is -2.10. The molecule has 2 aromatic carbocycles. The third-order valence-electron chi connectivity index (χ3n) is 3.59. The van der Waals surface area contributed by atoms with Crippen molar-refractivity contribution in [1.82, 2.24) is 0 Å². The summed E-state index contributed by atoms with van der Waals surface area (Å²) < 4.78 is 0. The minimum Gasteiger partial charge on any atom is -0.366 e. The van der Waals surface area contributed by atoms with Crippen LogP contribution in [0.15, 0.2) is 48.5 Å². The summed E-state index contributed by atoms with van der Waals surface area (Å²) in [4.78, 5) is 0. The van der Waals surface area contributed by atoms with Crippen molar-refractivity contribution in [2.75, 3.05) is 5.32 Å². The summed E-state index contributed by atoms with van der Waals surface area (Å²) in [6.45, 7) is 0. The molecule has 3 rings (SSSR count). The van der Waals surface area contributed by atoms with Gasteiger partial charge in [-0.05, 0) is 48.1 Å². The third-order valence-corrected chi connectivity index (χ3v) is 3.82. The molecule has 1 aliphatic rings. The lowest BCUT2D eigenvalue weighted by Gasteiger charge is -2.17. The van der Waals surface area contributed by atoms with E-state index in [0.717, 1.165) is 11.3 Å². The van der Waals surface area contributed by atoms with Gasteiger partial charge >= 0.3 is 0 Å². The van der Waals surface area contributed by atoms with Gasteiger partial charge in [0, 0.05) is 10.7 Å². The van der Waals surface area contributed by atoms with E-state index in [1.807, 2.05) is 42.5 Å². The Kier molecular flexibility index (Phi) is 3.62. The Hall–Kier alpha value is -1.98. The molecule has 2 nitrogen and oxygen atoms in total. The van der Waals surface area contributed by atoms with E-state index in [1.165, 1.54) is 18.4 Å². The van der Waals surface area contributed by atoms with E-state index in [9.17, 15) is 5.26 Å². The van der Waals surface area contributed by atoms with E-state index in [-0.39, 0.29) is 6.04 Å². The van der Waals surface area contributed by atoms with Crippen molar-refractivity contribution >= 4 is 17.3 Å². The molecule has 1 atom stereocenters. The molecule has 1 aliphatic carbocycles. The fourth-order valence-corrected chi connectivity index (χ4v) is 2.65. The maximum absolute atomic E-state index is 9.49. The Morgan fingerprint density at radius 3 is 2.65 bits per heavy atom. The quantitative estimate of drug-likeness (QED) is 0.866. The molecule has 0 aliphatic heterocycles. The van der Waals surface area contributed by atoms with Crippen LogP contribution in [-0.4, -0.2) is 0 Å². The van der Waals surface area contributed by atoms with Crippen LogP contribution in [0.1, 0.15) is 35.9 Å². The lowest BCUT2D eigenvalue weighted by atomic mass is 9.97. The van der Waals surface area contributed by atoms with E-state index in [2.05, 4.69) is 17.5 Å². The molecule has 0 radical (unpaired) electrons. The van der Waals surface area contributed by atoms with Crippen molar-refractivity contribution in [2.45, 2.75) is 24.8 Å². The van der Waals surface area contributed by atoms with Crippen LogP contribution in [0.5, 0.6) is 0 Å². The Bertz CT molecular complexity index is 656. The molecule has 3 heteroatoms. The van der Waals surface area contributed by atoms with Gasteiger partial charge in [-0.25, -0.2) is 0 Å². The number of rotatable bonds is 4. The van der Waals surface area contributed by atoms with Crippen LogP contribution in [0.2, 0.25) is 5.02 Å². The van der Waals surface area contributed by atoms with Crippen LogP contribution < -0.4 is 5.32 Å². The SMILES string of the molecule is N#CC(Nc1cccc(Cl)c1)c1ccccc1C1CC1. The van der Waals surface area contributed by atoms with E-state index in [0.29, 0.717) is 10.9 Å². The zero-order valence-electron chi connectivity index (χ0n) is 11.0. The van der Waals surface area contributed by atoms with Crippen LogP contribution in [-0.2, 0) is 0 Å². The zero-order chi connectivity index (χ0) is 13.9. The maximum Gasteiger partial charge on any atom is 0.140 e. The molecule has 0 saturated heterocycles. The van der Waals surface area contributed by atoms with Crippen LogP contribution in [0, 0.1) is 11.3 Å². The molecule has 0 heterocycles. The van der Waals surface area contributed by atoms with Crippen LogP contribution in [0.25, 0.3) is 0 Å². The summed E-state index contributed by atoms with van der Waals surface area (Å²) in [5, 5.41) is 13.4. The molecule has 2 aromatic rings. The summed E-state index contributed by atoms with van der Waals surface area (Å²) in [5.74, 6) is 0.628. The smallest absolute Gasteiger partial charge is 0.140 e. The Labute approximate surface area is 124 Å². The molecule has 100 valence electrons. The zero-order valence-corrected chi connectivity index (χ0v) is 11.8. The number of hydrogen-bond acceptors (Lipinski definition) is 2. The molecule has 0 bridgehead atoms. The van der Waals surface area contributed by atoms with Crippen molar-refractivity contribution in [3.05, 3.63) is 64.7 Å². The highest BCUT2D eigenvalue weighted by Gasteiger charge is 2.28. The van der Waals surface area contributed by atoms with Gasteiger partial charge in [0.15, 0.2) is 0 Å². The number of nitrogens with zero attached hydrogens (tertiary/aromatic N) is 1. The minimum absolute atomic E-state index is 0.342. The first-order chi connectivity index (χ1) is 9.78. The van der Waals surface area contributed by atoms with Crippen LogP contribution in [0.4, 0.5) is 5.69 Å². The van der Waals surface area contributed by atoms with E-state index in [4.69, 9.17) is 11.6 Å². The van der Waals surface area contributed by atoms with Gasteiger partial charge in [0.2, 0.25) is 0 Å². The standard InChI is InChI=1S/C17H15ClN2/c18-13-4-3-5-14(10-13)20-17(11-19)16-7-2-1-6-15(16)12-8-9-12/h1-7,10,12,17,20H,8-9H2. The van der Waals surface area contributed by atoms with Gasteiger partial charge < -0.3 is 5.32 Å². The summed E-state index contributed by atoms with van der Waals surface area (Å²) in [5.41, 5.74) is 3.25. The molecule has 0 spiro atoms. The molecule has 1 saturated carbocycles. The predicted octanol–water partition coefficient (Wildman–Crippen LogP) is 4.89. The Morgan fingerprint density at radius 2 is 1.95 bits per heavy atom.